The van der Waals surface area contributed by atoms with E-state index in [1.165, 1.54) is 6.07 Å². The molecule has 0 saturated heterocycles. The number of halogens is 3. The summed E-state index contributed by atoms with van der Waals surface area (Å²) < 4.78 is 40.1. The number of hydrogen-bond donors (Lipinski definition) is 0. The summed E-state index contributed by atoms with van der Waals surface area (Å²) in [5, 5.41) is 14.9. The maximum atomic E-state index is 13.4. The number of nitrogens with zero attached hydrogens (tertiary/aromatic N) is 3. The standard InChI is InChI=1S/C26H18F3N3O5S/c27-26(28,29)19-3-1-4-20(12-19)32(31-35)21-5-2-6-22(34)25(21)24(17-9-7-16(13-30)8-10-17)18-11-23(38-14-18)37-36-15-33/h1,3-4,7-12,14-15,24H,2,5-6H2. The highest BCUT2D eigenvalue weighted by Crippen LogP contribution is 2.43. The minimum Gasteiger partial charge on any atom is -0.294 e. The number of benzene rings is 2. The highest BCUT2D eigenvalue weighted by atomic mass is 32.1. The Balaban J connectivity index is 1.91. The Morgan fingerprint density at radius 2 is 1.87 bits per heavy atom. The first-order chi connectivity index (χ1) is 18.3. The molecule has 0 bridgehead atoms. The fourth-order valence-corrected chi connectivity index (χ4v) is 5.07. The molecule has 1 unspecified atom stereocenters. The predicted octanol–water partition coefficient (Wildman–Crippen LogP) is 6.43. The number of thiophene rings is 1. The Kier molecular flexibility index (Phi) is 7.87. The largest absolute Gasteiger partial charge is 0.416 e. The van der Waals surface area contributed by atoms with Crippen molar-refractivity contribution in [2.24, 2.45) is 5.29 Å². The van der Waals surface area contributed by atoms with Crippen LogP contribution in [0.1, 0.15) is 47.4 Å². The maximum absolute atomic E-state index is 13.4. The first kappa shape index (κ1) is 26.6. The molecule has 1 heterocycles. The summed E-state index contributed by atoms with van der Waals surface area (Å²) in [6, 6.07) is 14.2. The molecule has 0 aliphatic heterocycles. The van der Waals surface area contributed by atoms with Crippen molar-refractivity contribution >= 4 is 29.3 Å². The second-order valence-electron chi connectivity index (χ2n) is 8.22. The third-order valence-electron chi connectivity index (χ3n) is 5.94. The average molecular weight is 542 g/mol. The number of anilines is 1. The molecule has 2 aromatic carbocycles. The summed E-state index contributed by atoms with van der Waals surface area (Å²) in [4.78, 5) is 45.3. The van der Waals surface area contributed by atoms with Gasteiger partial charge >= 0.3 is 12.6 Å². The summed E-state index contributed by atoms with van der Waals surface area (Å²) in [6.45, 7) is 0.103. The molecule has 1 aromatic heterocycles. The van der Waals surface area contributed by atoms with Gasteiger partial charge in [0.25, 0.3) is 0 Å². The molecule has 0 radical (unpaired) electrons. The van der Waals surface area contributed by atoms with Gasteiger partial charge in [0.05, 0.1) is 33.9 Å². The van der Waals surface area contributed by atoms with Gasteiger partial charge < -0.3 is 0 Å². The predicted molar refractivity (Wildman–Crippen MR) is 131 cm³/mol. The van der Waals surface area contributed by atoms with Crippen molar-refractivity contribution in [3.63, 3.8) is 0 Å². The van der Waals surface area contributed by atoms with E-state index in [9.17, 15) is 32.9 Å². The molecular formula is C26H18F3N3O5S. The lowest BCUT2D eigenvalue weighted by molar-refractivity contribution is -0.194. The van der Waals surface area contributed by atoms with Crippen molar-refractivity contribution < 1.29 is 32.5 Å². The van der Waals surface area contributed by atoms with Gasteiger partial charge in [-0.25, -0.2) is 5.01 Å². The number of alkyl halides is 3. The van der Waals surface area contributed by atoms with E-state index < -0.39 is 17.7 Å². The summed E-state index contributed by atoms with van der Waals surface area (Å²) >= 11 is 1.09. The van der Waals surface area contributed by atoms with Crippen molar-refractivity contribution in [1.82, 2.24) is 0 Å². The van der Waals surface area contributed by atoms with Crippen LogP contribution >= 0.6 is 11.3 Å². The van der Waals surface area contributed by atoms with Crippen LogP contribution in [0.4, 0.5) is 18.9 Å². The zero-order valence-electron chi connectivity index (χ0n) is 19.5. The summed E-state index contributed by atoms with van der Waals surface area (Å²) in [5.41, 5.74) is 0.756. The average Bonchev–Trinajstić information content (AvgIpc) is 3.38. The molecule has 1 atom stereocenters. The highest BCUT2D eigenvalue weighted by Gasteiger charge is 2.35. The number of rotatable bonds is 9. The third kappa shape index (κ3) is 5.57. The number of ketones is 1. The number of carbonyl (C=O) groups is 2. The first-order valence-electron chi connectivity index (χ1n) is 11.2. The zero-order chi connectivity index (χ0) is 27.3. The lowest BCUT2D eigenvalue weighted by atomic mass is 9.78. The first-order valence-corrected chi connectivity index (χ1v) is 12.1. The van der Waals surface area contributed by atoms with Crippen molar-refractivity contribution in [2.45, 2.75) is 31.4 Å². The zero-order valence-corrected chi connectivity index (χ0v) is 20.3. The molecule has 1 aliphatic rings. The molecule has 8 nitrogen and oxygen atoms in total. The van der Waals surface area contributed by atoms with Gasteiger partial charge in [0.15, 0.2) is 5.78 Å². The molecule has 0 N–H and O–H groups in total. The smallest absolute Gasteiger partial charge is 0.294 e. The van der Waals surface area contributed by atoms with E-state index in [0.29, 0.717) is 23.1 Å². The topological polar surface area (TPSA) is 109 Å². The molecule has 194 valence electrons. The molecule has 0 fully saturated rings. The van der Waals surface area contributed by atoms with Crippen molar-refractivity contribution in [2.75, 3.05) is 5.01 Å². The Morgan fingerprint density at radius 1 is 1.11 bits per heavy atom. The van der Waals surface area contributed by atoms with Crippen LogP contribution in [-0.4, -0.2) is 12.3 Å². The molecule has 1 aliphatic carbocycles. The molecule has 0 amide bonds. The Hall–Kier alpha value is -4.50. The number of hydrogen-bond acceptors (Lipinski definition) is 8. The van der Waals surface area contributed by atoms with Crippen molar-refractivity contribution in [3.8, 4) is 11.1 Å². The van der Waals surface area contributed by atoms with E-state index in [1.54, 1.807) is 35.7 Å². The van der Waals surface area contributed by atoms with Crippen LogP contribution < -0.4 is 9.90 Å². The maximum Gasteiger partial charge on any atom is 0.416 e. The molecule has 38 heavy (non-hydrogen) atoms. The number of allylic oxidation sites excluding steroid dienone is 2. The van der Waals surface area contributed by atoms with Gasteiger partial charge in [-0.15, -0.1) is 16.2 Å². The molecule has 12 heteroatoms. The summed E-state index contributed by atoms with van der Waals surface area (Å²) in [7, 11) is 0. The van der Waals surface area contributed by atoms with Crippen LogP contribution in [0.3, 0.4) is 0 Å². The van der Waals surface area contributed by atoms with Gasteiger partial charge in [-0.05, 0) is 59.7 Å². The van der Waals surface area contributed by atoms with E-state index >= 15 is 0 Å². The fourth-order valence-electron chi connectivity index (χ4n) is 4.33. The van der Waals surface area contributed by atoms with Gasteiger partial charge in [-0.2, -0.15) is 18.4 Å². The molecule has 4 rings (SSSR count). The minimum absolute atomic E-state index is 0.103. The Morgan fingerprint density at radius 3 is 2.53 bits per heavy atom. The molecule has 0 saturated carbocycles. The summed E-state index contributed by atoms with van der Waals surface area (Å²) in [6.07, 6.45) is -3.92. The lowest BCUT2D eigenvalue weighted by Gasteiger charge is -2.30. The number of nitroso groups, excluding NO2 is 1. The van der Waals surface area contributed by atoms with Crippen molar-refractivity contribution in [3.05, 3.63) is 98.4 Å². The Labute approximate surface area is 218 Å². The SMILES string of the molecule is N#Cc1ccc(C(C2=C(N(N=O)c3cccc(C(F)(F)F)c3)CCCC2=O)c2csc(OOC=O)c2)cc1. The van der Waals surface area contributed by atoms with Gasteiger partial charge in [0.2, 0.25) is 5.06 Å². The van der Waals surface area contributed by atoms with Crippen LogP contribution in [0.15, 0.2) is 76.5 Å². The molecule has 0 spiro atoms. The second-order valence-corrected chi connectivity index (χ2v) is 9.09. The number of carbonyl (C=O) groups excluding carboxylic acids is 2. The van der Waals surface area contributed by atoms with E-state index in [-0.39, 0.29) is 47.1 Å². The van der Waals surface area contributed by atoms with Crippen LogP contribution in [0.2, 0.25) is 0 Å². The Bertz CT molecular complexity index is 1430. The van der Waals surface area contributed by atoms with Gasteiger partial charge in [0.1, 0.15) is 0 Å². The second kappa shape index (κ2) is 11.3. The van der Waals surface area contributed by atoms with Crippen LogP contribution in [-0.2, 0) is 20.7 Å². The monoisotopic (exact) mass is 541 g/mol. The molecular weight excluding hydrogens is 523 g/mol. The quantitative estimate of drug-likeness (QED) is 0.133. The van der Waals surface area contributed by atoms with E-state index in [1.807, 2.05) is 6.07 Å². The van der Waals surface area contributed by atoms with Crippen molar-refractivity contribution in [1.29, 1.82) is 5.26 Å². The van der Waals surface area contributed by atoms with Crippen LogP contribution in [0.5, 0.6) is 5.06 Å². The van der Waals surface area contributed by atoms with Gasteiger partial charge in [0, 0.05) is 24.0 Å². The van der Waals surface area contributed by atoms with Crippen LogP contribution in [0.25, 0.3) is 0 Å². The summed E-state index contributed by atoms with van der Waals surface area (Å²) in [5.74, 6) is -1.09. The minimum atomic E-state index is -4.65. The van der Waals surface area contributed by atoms with E-state index in [0.717, 1.165) is 34.5 Å². The van der Waals surface area contributed by atoms with E-state index in [2.05, 4.69) is 10.2 Å². The van der Waals surface area contributed by atoms with Crippen LogP contribution in [0, 0.1) is 16.2 Å². The lowest BCUT2D eigenvalue weighted by Crippen LogP contribution is -2.27. The normalized spacial score (nSPS) is 14.4. The van der Waals surface area contributed by atoms with Gasteiger partial charge in [-0.1, -0.05) is 18.2 Å². The highest BCUT2D eigenvalue weighted by molar-refractivity contribution is 7.12. The van der Waals surface area contributed by atoms with E-state index in [4.69, 9.17) is 4.89 Å². The van der Waals surface area contributed by atoms with Gasteiger partial charge in [-0.3, -0.25) is 19.4 Å². The number of nitriles is 1. The third-order valence-corrected chi connectivity index (χ3v) is 6.75. The molecule has 3 aromatic rings. The number of Topliss-reactive ketones (excluding diaryl/α,β-unsaturated/α-hetero) is 1. The fraction of sp³-hybridized carbons (Fsp3) is 0.192.